The molecule has 2 unspecified atom stereocenters. The van der Waals surface area contributed by atoms with Crippen molar-refractivity contribution in [3.63, 3.8) is 0 Å². The Labute approximate surface area is 158 Å². The summed E-state index contributed by atoms with van der Waals surface area (Å²) in [5, 5.41) is 6.71. The Morgan fingerprint density at radius 2 is 2.04 bits per heavy atom. The molecule has 1 aromatic carbocycles. The highest BCUT2D eigenvalue weighted by atomic mass is 19.1. The van der Waals surface area contributed by atoms with Crippen LogP contribution in [0.4, 0.5) is 10.1 Å². The number of aryl methyl sites for hydroxylation is 2. The Morgan fingerprint density at radius 3 is 2.67 bits per heavy atom. The highest BCUT2D eigenvalue weighted by Crippen LogP contribution is 2.24. The van der Waals surface area contributed by atoms with Crippen LogP contribution in [0.1, 0.15) is 48.1 Å². The molecule has 1 amide bonds. The molecule has 1 aliphatic rings. The van der Waals surface area contributed by atoms with E-state index in [4.69, 9.17) is 9.26 Å². The van der Waals surface area contributed by atoms with Gasteiger partial charge in [-0.15, -0.1) is 0 Å². The summed E-state index contributed by atoms with van der Waals surface area (Å²) in [6, 6.07) is 5.08. The summed E-state index contributed by atoms with van der Waals surface area (Å²) in [6.07, 6.45) is 0.734. The van der Waals surface area contributed by atoms with Gasteiger partial charge in [-0.1, -0.05) is 18.1 Å². The summed E-state index contributed by atoms with van der Waals surface area (Å²) in [5.41, 5.74) is 2.36. The lowest BCUT2D eigenvalue weighted by atomic mass is 10.1. The van der Waals surface area contributed by atoms with Gasteiger partial charge in [-0.2, -0.15) is 0 Å². The van der Waals surface area contributed by atoms with Gasteiger partial charge in [-0.05, 0) is 44.9 Å². The van der Waals surface area contributed by atoms with Gasteiger partial charge in [0.15, 0.2) is 0 Å². The van der Waals surface area contributed by atoms with E-state index in [9.17, 15) is 9.18 Å². The third-order valence-electron chi connectivity index (χ3n) is 4.72. The van der Waals surface area contributed by atoms with Crippen molar-refractivity contribution in [2.45, 2.75) is 52.9 Å². The molecule has 2 atom stereocenters. The minimum atomic E-state index is -0.293. The Bertz CT molecular complexity index is 811. The number of morpholine rings is 1. The molecule has 146 valence electrons. The summed E-state index contributed by atoms with van der Waals surface area (Å²) in [7, 11) is 0. The summed E-state index contributed by atoms with van der Waals surface area (Å²) in [6.45, 7) is 9.15. The summed E-state index contributed by atoms with van der Waals surface area (Å²) in [5.74, 6) is -0.0641. The van der Waals surface area contributed by atoms with E-state index in [1.165, 1.54) is 6.07 Å². The summed E-state index contributed by atoms with van der Waals surface area (Å²) >= 11 is 0. The molecule has 2 aromatic rings. The monoisotopic (exact) mass is 375 g/mol. The standard InChI is InChI=1S/C20H26FN3O3/c1-5-17-19(14(4)27-23-17)20(25)22-9-15-6-7-18(16(21)8-15)24-10-12(2)26-13(3)11-24/h6-8,12-13H,5,9-11H2,1-4H3,(H,22,25). The number of hydrogen-bond donors (Lipinski definition) is 1. The van der Waals surface area contributed by atoms with E-state index in [-0.39, 0.29) is 30.5 Å². The smallest absolute Gasteiger partial charge is 0.257 e. The first kappa shape index (κ1) is 19.4. The summed E-state index contributed by atoms with van der Waals surface area (Å²) in [4.78, 5) is 14.4. The van der Waals surface area contributed by atoms with Gasteiger partial charge in [-0.25, -0.2) is 4.39 Å². The van der Waals surface area contributed by atoms with Crippen LogP contribution in [0.2, 0.25) is 0 Å². The van der Waals surface area contributed by atoms with Crippen LogP contribution in [-0.2, 0) is 17.7 Å². The average Bonchev–Trinajstić information content (AvgIpc) is 2.99. The third-order valence-corrected chi connectivity index (χ3v) is 4.72. The highest BCUT2D eigenvalue weighted by molar-refractivity contribution is 5.96. The quantitative estimate of drug-likeness (QED) is 0.869. The number of anilines is 1. The van der Waals surface area contributed by atoms with E-state index in [0.717, 1.165) is 0 Å². The topological polar surface area (TPSA) is 67.6 Å². The van der Waals surface area contributed by atoms with Gasteiger partial charge < -0.3 is 19.5 Å². The van der Waals surface area contributed by atoms with E-state index in [1.54, 1.807) is 13.0 Å². The molecule has 6 nitrogen and oxygen atoms in total. The molecule has 1 N–H and O–H groups in total. The van der Waals surface area contributed by atoms with Crippen LogP contribution in [0.3, 0.4) is 0 Å². The first-order valence-electron chi connectivity index (χ1n) is 9.31. The fourth-order valence-electron chi connectivity index (χ4n) is 3.51. The minimum Gasteiger partial charge on any atom is -0.372 e. The predicted molar refractivity (Wildman–Crippen MR) is 100 cm³/mol. The van der Waals surface area contributed by atoms with Gasteiger partial charge in [-0.3, -0.25) is 4.79 Å². The van der Waals surface area contributed by atoms with Crippen molar-refractivity contribution in [3.8, 4) is 0 Å². The number of carbonyl (C=O) groups is 1. The Hall–Kier alpha value is -2.41. The maximum atomic E-state index is 14.6. The lowest BCUT2D eigenvalue weighted by Gasteiger charge is -2.37. The molecule has 0 bridgehead atoms. The molecule has 0 radical (unpaired) electrons. The number of hydrogen-bond acceptors (Lipinski definition) is 5. The second kappa shape index (κ2) is 8.08. The van der Waals surface area contributed by atoms with E-state index >= 15 is 0 Å². The third kappa shape index (κ3) is 4.30. The Kier molecular flexibility index (Phi) is 5.79. The van der Waals surface area contributed by atoms with Crippen LogP contribution in [0.5, 0.6) is 0 Å². The predicted octanol–water partition coefficient (Wildman–Crippen LogP) is 3.23. The largest absolute Gasteiger partial charge is 0.372 e. The zero-order valence-electron chi connectivity index (χ0n) is 16.2. The van der Waals surface area contributed by atoms with Gasteiger partial charge in [0.1, 0.15) is 17.1 Å². The number of carbonyl (C=O) groups excluding carboxylic acids is 1. The fraction of sp³-hybridized carbons (Fsp3) is 0.500. The Balaban J connectivity index is 1.67. The zero-order chi connectivity index (χ0) is 19.6. The maximum Gasteiger partial charge on any atom is 0.257 e. The molecule has 1 aliphatic heterocycles. The first-order chi connectivity index (χ1) is 12.9. The number of halogens is 1. The number of amides is 1. The molecule has 27 heavy (non-hydrogen) atoms. The van der Waals surface area contributed by atoms with E-state index in [0.29, 0.717) is 47.8 Å². The molecule has 0 aliphatic carbocycles. The molecule has 3 rings (SSSR count). The normalized spacial score (nSPS) is 20.0. The lowest BCUT2D eigenvalue weighted by Crippen LogP contribution is -2.45. The van der Waals surface area contributed by atoms with Crippen LogP contribution in [-0.4, -0.2) is 36.4 Å². The van der Waals surface area contributed by atoms with Gasteiger partial charge >= 0.3 is 0 Å². The average molecular weight is 375 g/mol. The lowest BCUT2D eigenvalue weighted by molar-refractivity contribution is -0.00539. The molecule has 1 saturated heterocycles. The fourth-order valence-corrected chi connectivity index (χ4v) is 3.51. The van der Waals surface area contributed by atoms with E-state index in [1.807, 2.05) is 31.7 Å². The van der Waals surface area contributed by atoms with Gasteiger partial charge in [0.05, 0.1) is 23.6 Å². The number of nitrogens with one attached hydrogen (secondary N) is 1. The zero-order valence-corrected chi connectivity index (χ0v) is 16.2. The minimum absolute atomic E-state index is 0.0617. The van der Waals surface area contributed by atoms with Crippen molar-refractivity contribution in [3.05, 3.63) is 46.6 Å². The summed E-state index contributed by atoms with van der Waals surface area (Å²) < 4.78 is 25.4. The van der Waals surface area contributed by atoms with Crippen LogP contribution in [0, 0.1) is 12.7 Å². The molecule has 0 saturated carbocycles. The molecule has 7 heteroatoms. The molecular weight excluding hydrogens is 349 g/mol. The molecule has 2 heterocycles. The van der Waals surface area contributed by atoms with Crippen LogP contribution in [0.15, 0.2) is 22.7 Å². The van der Waals surface area contributed by atoms with Crippen LogP contribution >= 0.6 is 0 Å². The molecule has 1 aromatic heterocycles. The van der Waals surface area contributed by atoms with Crippen molar-refractivity contribution in [2.24, 2.45) is 0 Å². The molecule has 0 spiro atoms. The Morgan fingerprint density at radius 1 is 1.33 bits per heavy atom. The number of ether oxygens (including phenoxy) is 1. The van der Waals surface area contributed by atoms with Gasteiger partial charge in [0.25, 0.3) is 5.91 Å². The second-order valence-electron chi connectivity index (χ2n) is 7.04. The van der Waals surface area contributed by atoms with Crippen molar-refractivity contribution < 1.29 is 18.4 Å². The SMILES string of the molecule is CCc1noc(C)c1C(=O)NCc1ccc(N2CC(C)OC(C)C2)c(F)c1. The van der Waals surface area contributed by atoms with E-state index < -0.39 is 0 Å². The van der Waals surface area contributed by atoms with Crippen molar-refractivity contribution >= 4 is 11.6 Å². The van der Waals surface area contributed by atoms with Gasteiger partial charge in [0, 0.05) is 19.6 Å². The number of benzene rings is 1. The van der Waals surface area contributed by atoms with Crippen molar-refractivity contribution in [2.75, 3.05) is 18.0 Å². The van der Waals surface area contributed by atoms with Crippen molar-refractivity contribution in [1.29, 1.82) is 0 Å². The number of rotatable bonds is 5. The first-order valence-corrected chi connectivity index (χ1v) is 9.31. The maximum absolute atomic E-state index is 14.6. The molecule has 1 fully saturated rings. The second-order valence-corrected chi connectivity index (χ2v) is 7.04. The van der Waals surface area contributed by atoms with E-state index in [2.05, 4.69) is 10.5 Å². The van der Waals surface area contributed by atoms with Gasteiger partial charge in [0.2, 0.25) is 0 Å². The number of aromatic nitrogens is 1. The molecular formula is C20H26FN3O3. The number of nitrogens with zero attached hydrogens (tertiary/aromatic N) is 2. The van der Waals surface area contributed by atoms with Crippen molar-refractivity contribution in [1.82, 2.24) is 10.5 Å². The highest BCUT2D eigenvalue weighted by Gasteiger charge is 2.24. The van der Waals surface area contributed by atoms with Crippen LogP contribution < -0.4 is 10.2 Å². The van der Waals surface area contributed by atoms with Crippen LogP contribution in [0.25, 0.3) is 0 Å².